The maximum Gasteiger partial charge on any atom is 0.0991 e. The predicted octanol–water partition coefficient (Wildman–Crippen LogP) is 2.83. The lowest BCUT2D eigenvalue weighted by Gasteiger charge is -2.23. The fraction of sp³-hybridized carbons (Fsp3) is 0.158. The van der Waals surface area contributed by atoms with Crippen LogP contribution in [-0.2, 0) is 0 Å². The van der Waals surface area contributed by atoms with Crippen molar-refractivity contribution in [3.05, 3.63) is 65.4 Å². The number of fused-ring (bicyclic) bond motifs is 1. The van der Waals surface area contributed by atoms with E-state index in [2.05, 4.69) is 17.1 Å². The normalized spacial score (nSPS) is 13.2. The van der Waals surface area contributed by atoms with E-state index in [1.54, 1.807) is 12.3 Å². The molecule has 2 aromatic carbocycles. The van der Waals surface area contributed by atoms with Crippen LogP contribution in [0.1, 0.15) is 29.7 Å². The second-order valence-electron chi connectivity index (χ2n) is 5.54. The molecule has 1 heterocycles. The number of hydrogen-bond donors (Lipinski definition) is 1. The van der Waals surface area contributed by atoms with Crippen LogP contribution in [-0.4, -0.2) is 15.8 Å². The van der Waals surface area contributed by atoms with Gasteiger partial charge in [0, 0.05) is 17.0 Å². The van der Waals surface area contributed by atoms with Crippen molar-refractivity contribution in [1.29, 1.82) is 5.26 Å². The molecular formula is C19H16N4. The van der Waals surface area contributed by atoms with Gasteiger partial charge in [-0.15, -0.1) is 6.42 Å². The van der Waals surface area contributed by atoms with Crippen LogP contribution in [0.4, 0.5) is 0 Å². The zero-order valence-electron chi connectivity index (χ0n) is 12.8. The smallest absolute Gasteiger partial charge is 0.0991 e. The van der Waals surface area contributed by atoms with Crippen LogP contribution in [0.2, 0.25) is 0 Å². The molecule has 0 amide bonds. The maximum atomic E-state index is 9.02. The Morgan fingerprint density at radius 1 is 1.17 bits per heavy atom. The molecule has 112 valence electrons. The lowest BCUT2D eigenvalue weighted by atomic mass is 9.99. The van der Waals surface area contributed by atoms with Gasteiger partial charge < -0.3 is 5.73 Å². The molecule has 2 atom stereocenters. The zero-order chi connectivity index (χ0) is 16.4. The molecule has 4 nitrogen and oxygen atoms in total. The van der Waals surface area contributed by atoms with Crippen LogP contribution in [0.15, 0.2) is 48.7 Å². The molecule has 0 aliphatic heterocycles. The highest BCUT2D eigenvalue weighted by molar-refractivity contribution is 5.80. The summed E-state index contributed by atoms with van der Waals surface area (Å²) >= 11 is 0. The maximum absolute atomic E-state index is 9.02. The number of nitrogens with zero attached hydrogens (tertiary/aromatic N) is 3. The molecule has 1 aromatic heterocycles. The second-order valence-corrected chi connectivity index (χ2v) is 5.54. The van der Waals surface area contributed by atoms with Gasteiger partial charge in [0.1, 0.15) is 0 Å². The highest BCUT2D eigenvalue weighted by Gasteiger charge is 2.21. The number of terminal acetylenes is 1. The monoisotopic (exact) mass is 300 g/mol. The van der Waals surface area contributed by atoms with Crippen molar-refractivity contribution < 1.29 is 0 Å². The van der Waals surface area contributed by atoms with Crippen molar-refractivity contribution in [3.8, 4) is 18.4 Å². The lowest BCUT2D eigenvalue weighted by molar-refractivity contribution is 0.466. The molecule has 0 saturated carbocycles. The summed E-state index contributed by atoms with van der Waals surface area (Å²) < 4.78 is 1.91. The van der Waals surface area contributed by atoms with Crippen LogP contribution in [0.5, 0.6) is 0 Å². The van der Waals surface area contributed by atoms with E-state index in [9.17, 15) is 0 Å². The Morgan fingerprint density at radius 2 is 1.87 bits per heavy atom. The Hall–Kier alpha value is -3.08. The third-order valence-corrected chi connectivity index (χ3v) is 3.91. The van der Waals surface area contributed by atoms with Crippen LogP contribution < -0.4 is 5.73 Å². The first-order chi connectivity index (χ1) is 11.1. The molecule has 0 bridgehead atoms. The number of aromatic nitrogens is 2. The van der Waals surface area contributed by atoms with Gasteiger partial charge in [0.15, 0.2) is 0 Å². The molecular weight excluding hydrogens is 284 g/mol. The summed E-state index contributed by atoms with van der Waals surface area (Å²) in [6.45, 7) is 1.96. The number of hydrogen-bond acceptors (Lipinski definition) is 3. The van der Waals surface area contributed by atoms with E-state index in [-0.39, 0.29) is 12.1 Å². The third kappa shape index (κ3) is 2.68. The summed E-state index contributed by atoms with van der Waals surface area (Å²) in [6, 6.07) is 15.2. The minimum absolute atomic E-state index is 0.104. The Bertz CT molecular complexity index is 921. The summed E-state index contributed by atoms with van der Waals surface area (Å²) in [5.41, 5.74) is 9.68. The van der Waals surface area contributed by atoms with Gasteiger partial charge in [-0.3, -0.25) is 4.68 Å². The Labute approximate surface area is 135 Å². The summed E-state index contributed by atoms with van der Waals surface area (Å²) in [4.78, 5) is 0. The van der Waals surface area contributed by atoms with Gasteiger partial charge in [-0.2, -0.15) is 10.4 Å². The van der Waals surface area contributed by atoms with Crippen LogP contribution in [0.25, 0.3) is 10.9 Å². The van der Waals surface area contributed by atoms with Crippen LogP contribution in [0.3, 0.4) is 0 Å². The SMILES string of the molecule is C#Cc1ccc(C(C(C)N)n2ncc3cc(C#N)ccc32)cc1. The molecule has 3 rings (SSSR count). The minimum Gasteiger partial charge on any atom is -0.326 e. The average molecular weight is 300 g/mol. The van der Waals surface area contributed by atoms with Crippen molar-refractivity contribution in [2.75, 3.05) is 0 Å². The molecule has 0 fully saturated rings. The number of benzene rings is 2. The summed E-state index contributed by atoms with van der Waals surface area (Å²) in [5, 5.41) is 14.4. The summed E-state index contributed by atoms with van der Waals surface area (Å²) in [7, 11) is 0. The van der Waals surface area contributed by atoms with Gasteiger partial charge in [0.25, 0.3) is 0 Å². The van der Waals surface area contributed by atoms with Crippen LogP contribution >= 0.6 is 0 Å². The fourth-order valence-corrected chi connectivity index (χ4v) is 2.79. The van der Waals surface area contributed by atoms with Gasteiger partial charge in [0.2, 0.25) is 0 Å². The quantitative estimate of drug-likeness (QED) is 0.756. The first-order valence-corrected chi connectivity index (χ1v) is 7.33. The molecule has 0 aliphatic carbocycles. The van der Waals surface area contributed by atoms with Crippen molar-refractivity contribution in [3.63, 3.8) is 0 Å². The molecule has 0 saturated heterocycles. The minimum atomic E-state index is -0.134. The van der Waals surface area contributed by atoms with Gasteiger partial charge in [-0.05, 0) is 42.8 Å². The molecule has 2 N–H and O–H groups in total. The molecule has 2 unspecified atom stereocenters. The first kappa shape index (κ1) is 14.8. The largest absolute Gasteiger partial charge is 0.326 e. The molecule has 3 aromatic rings. The Morgan fingerprint density at radius 3 is 2.48 bits per heavy atom. The van der Waals surface area contributed by atoms with Gasteiger partial charge in [-0.25, -0.2) is 0 Å². The third-order valence-electron chi connectivity index (χ3n) is 3.91. The zero-order valence-corrected chi connectivity index (χ0v) is 12.8. The molecule has 0 radical (unpaired) electrons. The predicted molar refractivity (Wildman–Crippen MR) is 90.6 cm³/mol. The number of nitrogens with two attached hydrogens (primary N) is 1. The fourth-order valence-electron chi connectivity index (χ4n) is 2.79. The topological polar surface area (TPSA) is 67.6 Å². The van der Waals surface area contributed by atoms with E-state index >= 15 is 0 Å². The molecule has 0 aliphatic rings. The second kappa shape index (κ2) is 5.96. The van der Waals surface area contributed by atoms with Crippen molar-refractivity contribution in [2.24, 2.45) is 5.73 Å². The van der Waals surface area contributed by atoms with E-state index in [4.69, 9.17) is 17.4 Å². The number of rotatable bonds is 3. The van der Waals surface area contributed by atoms with E-state index in [1.807, 2.05) is 48.0 Å². The number of nitriles is 1. The highest BCUT2D eigenvalue weighted by Crippen LogP contribution is 2.26. The van der Waals surface area contributed by atoms with Crippen molar-refractivity contribution in [2.45, 2.75) is 19.0 Å². The average Bonchev–Trinajstić information content (AvgIpc) is 2.98. The van der Waals surface area contributed by atoms with Crippen LogP contribution in [0, 0.1) is 23.7 Å². The van der Waals surface area contributed by atoms with Gasteiger partial charge in [-0.1, -0.05) is 18.1 Å². The van der Waals surface area contributed by atoms with E-state index in [0.29, 0.717) is 5.56 Å². The first-order valence-electron chi connectivity index (χ1n) is 7.33. The lowest BCUT2D eigenvalue weighted by Crippen LogP contribution is -2.30. The Balaban J connectivity index is 2.11. The van der Waals surface area contributed by atoms with E-state index in [0.717, 1.165) is 22.0 Å². The summed E-state index contributed by atoms with van der Waals surface area (Å²) in [5.74, 6) is 2.62. The van der Waals surface area contributed by atoms with Gasteiger partial charge in [0.05, 0.1) is 29.4 Å². The molecule has 23 heavy (non-hydrogen) atoms. The van der Waals surface area contributed by atoms with Crippen molar-refractivity contribution >= 4 is 10.9 Å². The molecule has 0 spiro atoms. The van der Waals surface area contributed by atoms with E-state index in [1.165, 1.54) is 0 Å². The molecule has 4 heteroatoms. The standard InChI is InChI=1S/C19H16N4/c1-3-14-4-7-16(8-5-14)19(13(2)21)23-18-9-6-15(11-20)10-17(18)12-22-23/h1,4-10,12-13,19H,21H2,2H3. The highest BCUT2D eigenvalue weighted by atomic mass is 15.3. The summed E-state index contributed by atoms with van der Waals surface area (Å²) in [6.07, 6.45) is 7.18. The van der Waals surface area contributed by atoms with E-state index < -0.39 is 0 Å². The Kier molecular flexibility index (Phi) is 3.85. The van der Waals surface area contributed by atoms with Crippen molar-refractivity contribution in [1.82, 2.24) is 9.78 Å². The van der Waals surface area contributed by atoms with Gasteiger partial charge >= 0.3 is 0 Å².